The van der Waals surface area contributed by atoms with Crippen molar-refractivity contribution in [2.45, 2.75) is 12.4 Å². The lowest BCUT2D eigenvalue weighted by Gasteiger charge is -2.13. The summed E-state index contributed by atoms with van der Waals surface area (Å²) in [6, 6.07) is 13.8. The molecule has 88 valence electrons. The fraction of sp³-hybridized carbons (Fsp3) is 0.286. The van der Waals surface area contributed by atoms with Gasteiger partial charge in [-0.3, -0.25) is 0 Å². The third kappa shape index (κ3) is 2.31. The summed E-state index contributed by atoms with van der Waals surface area (Å²) in [5.74, 6) is 0. The van der Waals surface area contributed by atoms with Gasteiger partial charge in [0.1, 0.15) is 6.10 Å². The van der Waals surface area contributed by atoms with Crippen LogP contribution in [0.15, 0.2) is 42.5 Å². The van der Waals surface area contributed by atoms with E-state index in [1.165, 1.54) is 0 Å². The normalized spacial score (nSPS) is 20.4. The minimum Gasteiger partial charge on any atom is -0.371 e. The first kappa shape index (κ1) is 10.7. The highest BCUT2D eigenvalue weighted by atomic mass is 16.6. The molecule has 1 aliphatic rings. The Kier molecular flexibility index (Phi) is 2.81. The third-order valence-electron chi connectivity index (χ3n) is 2.93. The van der Waals surface area contributed by atoms with Gasteiger partial charge in [-0.15, -0.1) is 0 Å². The maximum Gasteiger partial charge on any atom is 0.181 e. The molecule has 0 amide bonds. The van der Waals surface area contributed by atoms with Crippen LogP contribution in [-0.2, 0) is 9.47 Å². The lowest BCUT2D eigenvalue weighted by molar-refractivity contribution is -0.105. The molecular weight excluding hydrogens is 216 g/mol. The quantitative estimate of drug-likeness (QED) is 0.647. The second kappa shape index (κ2) is 4.45. The van der Waals surface area contributed by atoms with Crippen molar-refractivity contribution in [3.8, 4) is 0 Å². The molecule has 2 aromatic carbocycles. The molecule has 3 rings (SSSR count). The summed E-state index contributed by atoms with van der Waals surface area (Å²) in [7, 11) is 0. The van der Waals surface area contributed by atoms with E-state index in [9.17, 15) is 5.11 Å². The molecule has 0 radical (unpaired) electrons. The maximum absolute atomic E-state index is 10.0. The highest BCUT2D eigenvalue weighted by Gasteiger charge is 2.24. The Morgan fingerprint density at radius 3 is 2.82 bits per heavy atom. The number of aliphatic hydroxyl groups excluding tert-OH is 1. The van der Waals surface area contributed by atoms with E-state index in [1.807, 2.05) is 42.5 Å². The van der Waals surface area contributed by atoms with Gasteiger partial charge in [-0.25, -0.2) is 0 Å². The predicted octanol–water partition coefficient (Wildman–Crippen LogP) is 2.25. The molecule has 0 aliphatic carbocycles. The summed E-state index contributed by atoms with van der Waals surface area (Å²) in [4.78, 5) is 0. The highest BCUT2D eigenvalue weighted by molar-refractivity contribution is 5.85. The summed E-state index contributed by atoms with van der Waals surface area (Å²) in [6.45, 7) is 1.19. The molecule has 17 heavy (non-hydrogen) atoms. The molecule has 1 saturated heterocycles. The van der Waals surface area contributed by atoms with Gasteiger partial charge in [0, 0.05) is 5.56 Å². The lowest BCUT2D eigenvalue weighted by Crippen LogP contribution is -2.08. The van der Waals surface area contributed by atoms with Crippen LogP contribution in [0.4, 0.5) is 0 Å². The highest BCUT2D eigenvalue weighted by Crippen LogP contribution is 2.25. The molecule has 1 aliphatic heterocycles. The first-order chi connectivity index (χ1) is 8.34. The minimum atomic E-state index is -0.884. The third-order valence-corrected chi connectivity index (χ3v) is 2.93. The molecule has 2 atom stereocenters. The average molecular weight is 230 g/mol. The Labute approximate surface area is 99.6 Å². The van der Waals surface area contributed by atoms with Crippen molar-refractivity contribution < 1.29 is 14.6 Å². The van der Waals surface area contributed by atoms with Crippen LogP contribution < -0.4 is 0 Å². The lowest BCUT2D eigenvalue weighted by atomic mass is 10.0. The van der Waals surface area contributed by atoms with Crippen LogP contribution >= 0.6 is 0 Å². The van der Waals surface area contributed by atoms with E-state index in [0.29, 0.717) is 6.61 Å². The number of rotatable bonds is 4. The topological polar surface area (TPSA) is 42.0 Å². The van der Waals surface area contributed by atoms with Crippen molar-refractivity contribution in [2.75, 3.05) is 13.2 Å². The molecule has 2 aromatic rings. The molecule has 3 heteroatoms. The Morgan fingerprint density at radius 2 is 2.00 bits per heavy atom. The van der Waals surface area contributed by atoms with E-state index in [0.717, 1.165) is 22.9 Å². The first-order valence-corrected chi connectivity index (χ1v) is 5.73. The Balaban J connectivity index is 1.87. The summed E-state index contributed by atoms with van der Waals surface area (Å²) < 4.78 is 10.4. The van der Waals surface area contributed by atoms with Crippen molar-refractivity contribution in [1.29, 1.82) is 0 Å². The van der Waals surface area contributed by atoms with E-state index in [2.05, 4.69) is 0 Å². The molecule has 2 unspecified atom stereocenters. The van der Waals surface area contributed by atoms with E-state index < -0.39 is 6.29 Å². The minimum absolute atomic E-state index is 0.166. The molecule has 0 aromatic heterocycles. The Hall–Kier alpha value is -1.42. The SMILES string of the molecule is OC(OCC1CO1)c1cccc2ccccc12. The number of fused-ring (bicyclic) bond motifs is 1. The van der Waals surface area contributed by atoms with E-state index in [1.54, 1.807) is 0 Å². The monoisotopic (exact) mass is 230 g/mol. The van der Waals surface area contributed by atoms with Gasteiger partial charge in [-0.2, -0.15) is 0 Å². The van der Waals surface area contributed by atoms with Gasteiger partial charge in [0.05, 0.1) is 13.2 Å². The second-order valence-electron chi connectivity index (χ2n) is 4.21. The number of benzene rings is 2. The zero-order valence-corrected chi connectivity index (χ0v) is 9.37. The van der Waals surface area contributed by atoms with Crippen molar-refractivity contribution in [2.24, 2.45) is 0 Å². The number of epoxide rings is 1. The van der Waals surface area contributed by atoms with Crippen LogP contribution in [0.3, 0.4) is 0 Å². The fourth-order valence-electron chi connectivity index (χ4n) is 1.92. The smallest absolute Gasteiger partial charge is 0.181 e. The van der Waals surface area contributed by atoms with Gasteiger partial charge in [-0.1, -0.05) is 42.5 Å². The average Bonchev–Trinajstić information content (AvgIpc) is 3.19. The Bertz CT molecular complexity index is 514. The van der Waals surface area contributed by atoms with Crippen LogP contribution in [0.5, 0.6) is 0 Å². The Morgan fingerprint density at radius 1 is 1.24 bits per heavy atom. The van der Waals surface area contributed by atoms with Crippen molar-refractivity contribution >= 4 is 10.8 Å². The van der Waals surface area contributed by atoms with E-state index in [-0.39, 0.29) is 6.10 Å². The van der Waals surface area contributed by atoms with Crippen LogP contribution in [-0.4, -0.2) is 24.4 Å². The van der Waals surface area contributed by atoms with Crippen LogP contribution in [0.25, 0.3) is 10.8 Å². The van der Waals surface area contributed by atoms with Crippen molar-refractivity contribution in [3.05, 3.63) is 48.0 Å². The number of hydrogen-bond donors (Lipinski definition) is 1. The largest absolute Gasteiger partial charge is 0.371 e. The predicted molar refractivity (Wildman–Crippen MR) is 64.6 cm³/mol. The van der Waals surface area contributed by atoms with Crippen molar-refractivity contribution in [3.63, 3.8) is 0 Å². The van der Waals surface area contributed by atoms with Gasteiger partial charge in [-0.05, 0) is 10.8 Å². The summed E-state index contributed by atoms with van der Waals surface area (Å²) in [6.07, 6.45) is -0.718. The van der Waals surface area contributed by atoms with Crippen molar-refractivity contribution in [1.82, 2.24) is 0 Å². The van der Waals surface area contributed by atoms with Gasteiger partial charge < -0.3 is 14.6 Å². The summed E-state index contributed by atoms with van der Waals surface area (Å²) in [5.41, 5.74) is 0.809. The van der Waals surface area contributed by atoms with E-state index >= 15 is 0 Å². The number of ether oxygens (including phenoxy) is 2. The standard InChI is InChI=1S/C14H14O3/c15-14(17-9-11-8-16-11)13-7-3-5-10-4-1-2-6-12(10)13/h1-7,11,14-15H,8-9H2. The number of aliphatic hydroxyl groups is 1. The van der Waals surface area contributed by atoms with Gasteiger partial charge in [0.15, 0.2) is 6.29 Å². The first-order valence-electron chi connectivity index (χ1n) is 5.73. The van der Waals surface area contributed by atoms with Gasteiger partial charge in [0.25, 0.3) is 0 Å². The fourth-order valence-corrected chi connectivity index (χ4v) is 1.92. The molecule has 0 saturated carbocycles. The molecule has 3 nitrogen and oxygen atoms in total. The molecular formula is C14H14O3. The second-order valence-corrected chi connectivity index (χ2v) is 4.21. The molecule has 1 fully saturated rings. The van der Waals surface area contributed by atoms with E-state index in [4.69, 9.17) is 9.47 Å². The molecule has 1 heterocycles. The number of hydrogen-bond acceptors (Lipinski definition) is 3. The van der Waals surface area contributed by atoms with Crippen LogP contribution in [0.2, 0.25) is 0 Å². The molecule has 0 bridgehead atoms. The molecule has 0 spiro atoms. The summed E-state index contributed by atoms with van der Waals surface area (Å²) >= 11 is 0. The molecule has 1 N–H and O–H groups in total. The van der Waals surface area contributed by atoms with Gasteiger partial charge >= 0.3 is 0 Å². The van der Waals surface area contributed by atoms with Gasteiger partial charge in [0.2, 0.25) is 0 Å². The summed E-state index contributed by atoms with van der Waals surface area (Å²) in [5, 5.41) is 12.2. The van der Waals surface area contributed by atoms with Crippen LogP contribution in [0, 0.1) is 0 Å². The zero-order chi connectivity index (χ0) is 11.7. The van der Waals surface area contributed by atoms with Crippen LogP contribution in [0.1, 0.15) is 11.9 Å². The zero-order valence-electron chi connectivity index (χ0n) is 9.37. The maximum atomic E-state index is 10.0.